The maximum absolute atomic E-state index is 12.6. The van der Waals surface area contributed by atoms with E-state index < -0.39 is 0 Å². The molecule has 1 unspecified atom stereocenters. The van der Waals surface area contributed by atoms with Crippen LogP contribution in [0.3, 0.4) is 0 Å². The quantitative estimate of drug-likeness (QED) is 0.708. The van der Waals surface area contributed by atoms with E-state index in [1.54, 1.807) is 18.0 Å². The third kappa shape index (κ3) is 4.34. The number of aromatic nitrogens is 2. The van der Waals surface area contributed by atoms with Gasteiger partial charge in [0.15, 0.2) is 0 Å². The number of piperidine rings is 1. The second-order valence-corrected chi connectivity index (χ2v) is 8.28. The molecular weight excluding hydrogens is 382 g/mol. The largest absolute Gasteiger partial charge is 0.383 e. The van der Waals surface area contributed by atoms with Gasteiger partial charge in [-0.25, -0.2) is 4.98 Å². The molecular formula is C22H31N5O3. The van der Waals surface area contributed by atoms with Crippen LogP contribution < -0.4 is 10.5 Å². The Kier molecular flexibility index (Phi) is 6.34. The lowest BCUT2D eigenvalue weighted by Crippen LogP contribution is -2.52. The van der Waals surface area contributed by atoms with Crippen molar-refractivity contribution in [3.8, 4) is 0 Å². The highest BCUT2D eigenvalue weighted by molar-refractivity contribution is 5.81. The average Bonchev–Trinajstić information content (AvgIpc) is 2.77. The number of amides is 1. The molecule has 0 aliphatic carbocycles. The number of hydrogen-bond donors (Lipinski definition) is 0. The zero-order valence-electron chi connectivity index (χ0n) is 17.9. The molecule has 2 aliphatic rings. The van der Waals surface area contributed by atoms with Crippen molar-refractivity contribution in [1.82, 2.24) is 19.4 Å². The molecule has 2 fully saturated rings. The van der Waals surface area contributed by atoms with E-state index in [0.717, 1.165) is 56.8 Å². The molecule has 3 heterocycles. The predicted molar refractivity (Wildman–Crippen MR) is 117 cm³/mol. The van der Waals surface area contributed by atoms with Crippen molar-refractivity contribution >= 4 is 22.5 Å². The number of carbonyl (C=O) groups is 1. The van der Waals surface area contributed by atoms with Crippen molar-refractivity contribution in [2.75, 3.05) is 58.4 Å². The SMILES string of the molecule is COCCn1cnc2cc(N3CCN(CC4CCCC(=O)N4C)CC3)ccc2c1=O. The highest BCUT2D eigenvalue weighted by Crippen LogP contribution is 2.22. The summed E-state index contributed by atoms with van der Waals surface area (Å²) in [6.45, 7) is 5.76. The Hall–Kier alpha value is -2.45. The van der Waals surface area contributed by atoms with Crippen LogP contribution in [0.2, 0.25) is 0 Å². The fourth-order valence-corrected chi connectivity index (χ4v) is 4.46. The topological polar surface area (TPSA) is 70.9 Å². The monoisotopic (exact) mass is 413 g/mol. The molecule has 2 saturated heterocycles. The molecule has 1 amide bonds. The smallest absolute Gasteiger partial charge is 0.261 e. The Morgan fingerprint density at radius 1 is 1.17 bits per heavy atom. The summed E-state index contributed by atoms with van der Waals surface area (Å²) < 4.78 is 6.66. The van der Waals surface area contributed by atoms with Gasteiger partial charge in [-0.2, -0.15) is 0 Å². The highest BCUT2D eigenvalue weighted by atomic mass is 16.5. The van der Waals surface area contributed by atoms with Gasteiger partial charge in [0, 0.05) is 65.0 Å². The molecule has 1 atom stereocenters. The second-order valence-electron chi connectivity index (χ2n) is 8.28. The number of fused-ring (bicyclic) bond motifs is 1. The number of carbonyl (C=O) groups excluding carboxylic acids is 1. The van der Waals surface area contributed by atoms with Gasteiger partial charge in [-0.05, 0) is 31.0 Å². The zero-order valence-corrected chi connectivity index (χ0v) is 17.9. The first-order valence-electron chi connectivity index (χ1n) is 10.8. The molecule has 0 radical (unpaired) electrons. The van der Waals surface area contributed by atoms with Crippen LogP contribution in [0.5, 0.6) is 0 Å². The first kappa shape index (κ1) is 20.8. The number of piperazine rings is 1. The first-order chi connectivity index (χ1) is 14.6. The minimum atomic E-state index is -0.0282. The normalized spacial score (nSPS) is 20.9. The first-order valence-corrected chi connectivity index (χ1v) is 10.8. The van der Waals surface area contributed by atoms with E-state index in [4.69, 9.17) is 4.74 Å². The van der Waals surface area contributed by atoms with E-state index in [1.165, 1.54) is 0 Å². The third-order valence-electron chi connectivity index (χ3n) is 6.42. The lowest BCUT2D eigenvalue weighted by Gasteiger charge is -2.40. The molecule has 0 spiro atoms. The van der Waals surface area contributed by atoms with Crippen molar-refractivity contribution < 1.29 is 9.53 Å². The van der Waals surface area contributed by atoms with Gasteiger partial charge in [0.2, 0.25) is 5.91 Å². The fraction of sp³-hybridized carbons (Fsp3) is 0.591. The molecule has 162 valence electrons. The number of nitrogens with zero attached hydrogens (tertiary/aromatic N) is 5. The van der Waals surface area contributed by atoms with E-state index in [9.17, 15) is 9.59 Å². The molecule has 8 nitrogen and oxygen atoms in total. The Morgan fingerprint density at radius 3 is 2.73 bits per heavy atom. The summed E-state index contributed by atoms with van der Waals surface area (Å²) in [5, 5.41) is 0.640. The van der Waals surface area contributed by atoms with E-state index in [-0.39, 0.29) is 11.5 Å². The Bertz CT molecular complexity index is 951. The molecule has 4 rings (SSSR count). The Balaban J connectivity index is 1.39. The summed E-state index contributed by atoms with van der Waals surface area (Å²) in [7, 11) is 3.56. The third-order valence-corrected chi connectivity index (χ3v) is 6.42. The molecule has 1 aromatic carbocycles. The zero-order chi connectivity index (χ0) is 21.1. The maximum Gasteiger partial charge on any atom is 0.261 e. The van der Waals surface area contributed by atoms with Crippen LogP contribution >= 0.6 is 0 Å². The van der Waals surface area contributed by atoms with Crippen molar-refractivity contribution in [3.05, 3.63) is 34.9 Å². The maximum atomic E-state index is 12.6. The van der Waals surface area contributed by atoms with E-state index in [1.807, 2.05) is 30.1 Å². The van der Waals surface area contributed by atoms with Crippen molar-refractivity contribution in [2.24, 2.45) is 0 Å². The minimum Gasteiger partial charge on any atom is -0.383 e. The number of ether oxygens (including phenoxy) is 1. The lowest BCUT2D eigenvalue weighted by molar-refractivity contribution is -0.135. The van der Waals surface area contributed by atoms with Gasteiger partial charge in [0.05, 0.1) is 30.4 Å². The summed E-state index contributed by atoms with van der Waals surface area (Å²) in [6.07, 6.45) is 4.40. The van der Waals surface area contributed by atoms with E-state index in [0.29, 0.717) is 31.0 Å². The molecule has 0 bridgehead atoms. The number of methoxy groups -OCH3 is 1. The molecule has 0 N–H and O–H groups in total. The van der Waals surface area contributed by atoms with E-state index in [2.05, 4.69) is 14.8 Å². The van der Waals surface area contributed by atoms with Gasteiger partial charge in [-0.3, -0.25) is 19.1 Å². The second kappa shape index (κ2) is 9.14. The van der Waals surface area contributed by atoms with Crippen LogP contribution in [0.4, 0.5) is 5.69 Å². The highest BCUT2D eigenvalue weighted by Gasteiger charge is 2.28. The lowest BCUT2D eigenvalue weighted by atomic mass is 10.0. The minimum absolute atomic E-state index is 0.0282. The van der Waals surface area contributed by atoms with Gasteiger partial charge in [-0.1, -0.05) is 0 Å². The number of hydrogen-bond acceptors (Lipinski definition) is 6. The predicted octanol–water partition coefficient (Wildman–Crippen LogP) is 1.18. The summed E-state index contributed by atoms with van der Waals surface area (Å²) in [5.41, 5.74) is 1.81. The van der Waals surface area contributed by atoms with Gasteiger partial charge in [-0.15, -0.1) is 0 Å². The average molecular weight is 414 g/mol. The van der Waals surface area contributed by atoms with Crippen LogP contribution in [0.15, 0.2) is 29.3 Å². The van der Waals surface area contributed by atoms with Crippen LogP contribution in [-0.2, 0) is 16.1 Å². The molecule has 0 saturated carbocycles. The molecule has 2 aromatic rings. The summed E-state index contributed by atoms with van der Waals surface area (Å²) in [4.78, 5) is 35.8. The van der Waals surface area contributed by atoms with Crippen LogP contribution in [0.1, 0.15) is 19.3 Å². The number of anilines is 1. The molecule has 2 aliphatic heterocycles. The van der Waals surface area contributed by atoms with Crippen molar-refractivity contribution in [1.29, 1.82) is 0 Å². The van der Waals surface area contributed by atoms with E-state index >= 15 is 0 Å². The van der Waals surface area contributed by atoms with Crippen LogP contribution in [0.25, 0.3) is 10.9 Å². The number of likely N-dealkylation sites (N-methyl/N-ethyl adjacent to an activating group) is 1. The van der Waals surface area contributed by atoms with Gasteiger partial charge in [0.25, 0.3) is 5.56 Å². The summed E-state index contributed by atoms with van der Waals surface area (Å²) in [5.74, 6) is 0.273. The Labute approximate surface area is 177 Å². The standard InChI is InChI=1S/C22H31N5O3/c1-24-18(4-3-5-21(24)28)15-25-8-10-26(11-9-25)17-6-7-19-20(14-17)23-16-27(22(19)29)12-13-30-2/h6-7,14,16,18H,3-5,8-13,15H2,1-2H3. The van der Waals surface area contributed by atoms with Gasteiger partial charge in [0.1, 0.15) is 0 Å². The Morgan fingerprint density at radius 2 is 1.97 bits per heavy atom. The molecule has 1 aromatic heterocycles. The van der Waals surface area contributed by atoms with Crippen LogP contribution in [-0.4, -0.2) is 84.8 Å². The summed E-state index contributed by atoms with van der Waals surface area (Å²) in [6, 6.07) is 6.26. The number of rotatable bonds is 6. The molecule has 30 heavy (non-hydrogen) atoms. The fourth-order valence-electron chi connectivity index (χ4n) is 4.46. The van der Waals surface area contributed by atoms with Gasteiger partial charge < -0.3 is 14.5 Å². The van der Waals surface area contributed by atoms with Crippen molar-refractivity contribution in [2.45, 2.75) is 31.8 Å². The van der Waals surface area contributed by atoms with Crippen LogP contribution in [0, 0.1) is 0 Å². The number of likely N-dealkylation sites (tertiary alicyclic amines) is 1. The van der Waals surface area contributed by atoms with Crippen molar-refractivity contribution in [3.63, 3.8) is 0 Å². The molecule has 8 heteroatoms. The summed E-state index contributed by atoms with van der Waals surface area (Å²) >= 11 is 0. The number of benzene rings is 1. The van der Waals surface area contributed by atoms with Gasteiger partial charge >= 0.3 is 0 Å².